The summed E-state index contributed by atoms with van der Waals surface area (Å²) in [7, 11) is 1.99. The first-order valence-corrected chi connectivity index (χ1v) is 12.4. The maximum absolute atomic E-state index is 11.9. The largest absolute Gasteiger partial charge is 0.378 e. The standard InChI is InChI=1S/C26H36N6O2/c1-18-13-24(30(3)29-18)21-6-7-23-20(14-21)5-4-10-32(23)25(27)15-26(28-22-16-34-17-22)8-11-31(12-9-26)19(2)33/h6-7,13-14,22,27-28H,4-5,8-12,15-17H2,1-3H3. The van der Waals surface area contributed by atoms with Crippen molar-refractivity contribution >= 4 is 17.4 Å². The number of hydrogen-bond acceptors (Lipinski definition) is 5. The molecule has 0 spiro atoms. The van der Waals surface area contributed by atoms with E-state index >= 15 is 0 Å². The zero-order chi connectivity index (χ0) is 23.9. The summed E-state index contributed by atoms with van der Waals surface area (Å²) in [6.45, 7) is 7.49. The van der Waals surface area contributed by atoms with Crippen LogP contribution in [0.1, 0.15) is 43.9 Å². The number of benzene rings is 1. The molecular formula is C26H36N6O2. The molecule has 34 heavy (non-hydrogen) atoms. The van der Waals surface area contributed by atoms with E-state index in [4.69, 9.17) is 10.1 Å². The van der Waals surface area contributed by atoms with E-state index in [1.807, 2.05) is 23.6 Å². The molecular weight excluding hydrogens is 428 g/mol. The van der Waals surface area contributed by atoms with Gasteiger partial charge in [-0.3, -0.25) is 14.9 Å². The molecule has 182 valence electrons. The summed E-state index contributed by atoms with van der Waals surface area (Å²) < 4.78 is 7.35. The van der Waals surface area contributed by atoms with Gasteiger partial charge >= 0.3 is 0 Å². The topological polar surface area (TPSA) is 86.5 Å². The Morgan fingerprint density at radius 2 is 2.00 bits per heavy atom. The molecule has 0 bridgehead atoms. The highest BCUT2D eigenvalue weighted by Crippen LogP contribution is 2.35. The van der Waals surface area contributed by atoms with Gasteiger partial charge in [-0.1, -0.05) is 6.07 Å². The molecule has 4 heterocycles. The molecule has 5 rings (SSSR count). The van der Waals surface area contributed by atoms with Gasteiger partial charge < -0.3 is 19.9 Å². The van der Waals surface area contributed by atoms with Gasteiger partial charge in [0.2, 0.25) is 5.91 Å². The summed E-state index contributed by atoms with van der Waals surface area (Å²) in [6, 6.07) is 9.08. The van der Waals surface area contributed by atoms with E-state index in [0.29, 0.717) is 18.3 Å². The fourth-order valence-electron chi connectivity index (χ4n) is 5.71. The predicted molar refractivity (Wildman–Crippen MR) is 133 cm³/mol. The van der Waals surface area contributed by atoms with Crippen LogP contribution >= 0.6 is 0 Å². The number of anilines is 1. The molecule has 0 aliphatic carbocycles. The molecule has 0 atom stereocenters. The van der Waals surface area contributed by atoms with Crippen LogP contribution in [-0.2, 0) is 23.0 Å². The third-order valence-electron chi connectivity index (χ3n) is 7.64. The van der Waals surface area contributed by atoms with Crippen molar-refractivity contribution in [3.8, 4) is 11.3 Å². The van der Waals surface area contributed by atoms with Gasteiger partial charge in [0.1, 0.15) is 5.84 Å². The van der Waals surface area contributed by atoms with Gasteiger partial charge in [-0.15, -0.1) is 0 Å². The molecule has 1 aromatic carbocycles. The van der Waals surface area contributed by atoms with E-state index < -0.39 is 0 Å². The fourth-order valence-corrected chi connectivity index (χ4v) is 5.71. The van der Waals surface area contributed by atoms with Crippen LogP contribution in [0.4, 0.5) is 5.69 Å². The quantitative estimate of drug-likeness (QED) is 0.525. The number of rotatable bonds is 5. The Balaban J connectivity index is 1.36. The van der Waals surface area contributed by atoms with Crippen molar-refractivity contribution in [3.05, 3.63) is 35.5 Å². The SMILES string of the molecule is CC(=O)N1CCC(CC(=N)N2CCCc3cc(-c4cc(C)nn4C)ccc32)(NC2COC2)CC1. The summed E-state index contributed by atoms with van der Waals surface area (Å²) in [4.78, 5) is 16.0. The highest BCUT2D eigenvalue weighted by atomic mass is 16.5. The lowest BCUT2D eigenvalue weighted by atomic mass is 9.82. The van der Waals surface area contributed by atoms with E-state index in [-0.39, 0.29) is 11.4 Å². The molecule has 1 amide bonds. The maximum atomic E-state index is 11.9. The van der Waals surface area contributed by atoms with Crippen LogP contribution in [-0.4, -0.2) is 70.9 Å². The van der Waals surface area contributed by atoms with Gasteiger partial charge in [0.05, 0.1) is 30.6 Å². The number of ether oxygens (including phenoxy) is 1. The number of aryl methyl sites for hydroxylation is 3. The molecule has 2 aromatic rings. The smallest absolute Gasteiger partial charge is 0.219 e. The Bertz CT molecular complexity index is 1080. The van der Waals surface area contributed by atoms with E-state index in [2.05, 4.69) is 39.6 Å². The molecule has 3 aliphatic rings. The first kappa shape index (κ1) is 23.1. The van der Waals surface area contributed by atoms with Crippen molar-refractivity contribution in [2.75, 3.05) is 37.7 Å². The lowest BCUT2D eigenvalue weighted by molar-refractivity contribution is -0.130. The van der Waals surface area contributed by atoms with E-state index in [0.717, 1.165) is 75.6 Å². The van der Waals surface area contributed by atoms with Crippen molar-refractivity contribution in [2.24, 2.45) is 7.05 Å². The minimum Gasteiger partial charge on any atom is -0.378 e. The number of carbonyl (C=O) groups excluding carboxylic acids is 1. The summed E-state index contributed by atoms with van der Waals surface area (Å²) >= 11 is 0. The van der Waals surface area contributed by atoms with Crippen molar-refractivity contribution in [1.29, 1.82) is 5.41 Å². The van der Waals surface area contributed by atoms with Crippen LogP contribution in [0.3, 0.4) is 0 Å². The number of piperidine rings is 1. The van der Waals surface area contributed by atoms with Crippen molar-refractivity contribution in [3.63, 3.8) is 0 Å². The van der Waals surface area contributed by atoms with Crippen molar-refractivity contribution in [2.45, 2.75) is 57.5 Å². The number of nitrogens with zero attached hydrogens (tertiary/aromatic N) is 4. The minimum atomic E-state index is -0.165. The van der Waals surface area contributed by atoms with Crippen LogP contribution in [0, 0.1) is 12.3 Å². The van der Waals surface area contributed by atoms with Crippen LogP contribution in [0.5, 0.6) is 0 Å². The Morgan fingerprint density at radius 3 is 2.62 bits per heavy atom. The number of amidine groups is 1. The first-order chi connectivity index (χ1) is 16.3. The molecule has 2 saturated heterocycles. The summed E-state index contributed by atoms with van der Waals surface area (Å²) in [5, 5.41) is 17.5. The van der Waals surface area contributed by atoms with Crippen LogP contribution in [0.15, 0.2) is 24.3 Å². The summed E-state index contributed by atoms with van der Waals surface area (Å²) in [5.74, 6) is 0.800. The van der Waals surface area contributed by atoms with E-state index in [9.17, 15) is 4.79 Å². The van der Waals surface area contributed by atoms with Gasteiger partial charge in [-0.2, -0.15) is 5.10 Å². The van der Waals surface area contributed by atoms with E-state index in [1.54, 1.807) is 6.92 Å². The Labute approximate surface area is 201 Å². The number of nitrogens with one attached hydrogen (secondary N) is 2. The molecule has 2 N–H and O–H groups in total. The highest BCUT2D eigenvalue weighted by Gasteiger charge is 2.40. The monoisotopic (exact) mass is 464 g/mol. The lowest BCUT2D eigenvalue weighted by Crippen LogP contribution is -2.62. The maximum Gasteiger partial charge on any atom is 0.219 e. The van der Waals surface area contributed by atoms with Gasteiger partial charge in [0.25, 0.3) is 0 Å². The molecule has 2 fully saturated rings. The Kier molecular flexibility index (Phi) is 6.20. The molecule has 3 aliphatic heterocycles. The third kappa shape index (κ3) is 4.49. The van der Waals surface area contributed by atoms with Crippen LogP contribution < -0.4 is 10.2 Å². The zero-order valence-corrected chi connectivity index (χ0v) is 20.6. The zero-order valence-electron chi connectivity index (χ0n) is 20.6. The van der Waals surface area contributed by atoms with Crippen molar-refractivity contribution in [1.82, 2.24) is 20.0 Å². The molecule has 8 heteroatoms. The number of hydrogen-bond donors (Lipinski definition) is 2. The van der Waals surface area contributed by atoms with Gasteiger partial charge in [0.15, 0.2) is 0 Å². The average Bonchev–Trinajstić information content (AvgIpc) is 3.13. The third-order valence-corrected chi connectivity index (χ3v) is 7.64. The molecule has 1 aromatic heterocycles. The van der Waals surface area contributed by atoms with Gasteiger partial charge in [-0.05, 0) is 56.4 Å². The highest BCUT2D eigenvalue weighted by molar-refractivity contribution is 5.97. The fraction of sp³-hybridized carbons (Fsp3) is 0.577. The van der Waals surface area contributed by atoms with Gasteiger partial charge in [0, 0.05) is 56.8 Å². The first-order valence-electron chi connectivity index (χ1n) is 12.4. The summed E-state index contributed by atoms with van der Waals surface area (Å²) in [5.41, 5.74) is 5.60. The Morgan fingerprint density at radius 1 is 1.24 bits per heavy atom. The number of likely N-dealkylation sites (tertiary alicyclic amines) is 1. The molecule has 0 saturated carbocycles. The molecule has 8 nitrogen and oxygen atoms in total. The van der Waals surface area contributed by atoms with Crippen LogP contribution in [0.2, 0.25) is 0 Å². The number of fused-ring (bicyclic) bond motifs is 1. The number of amides is 1. The second kappa shape index (κ2) is 9.15. The lowest BCUT2D eigenvalue weighted by Gasteiger charge is -2.47. The van der Waals surface area contributed by atoms with Crippen molar-refractivity contribution < 1.29 is 9.53 Å². The molecule has 0 unspecified atom stereocenters. The van der Waals surface area contributed by atoms with Crippen LogP contribution in [0.25, 0.3) is 11.3 Å². The number of aromatic nitrogens is 2. The molecule has 0 radical (unpaired) electrons. The normalized spacial score (nSPS) is 20.1. The average molecular weight is 465 g/mol. The van der Waals surface area contributed by atoms with E-state index in [1.165, 1.54) is 11.1 Å². The second-order valence-corrected chi connectivity index (χ2v) is 10.2. The number of carbonyl (C=O) groups is 1. The summed E-state index contributed by atoms with van der Waals surface area (Å²) in [6.07, 6.45) is 4.46. The van der Waals surface area contributed by atoms with Gasteiger partial charge in [-0.25, -0.2) is 0 Å². The Hall–Kier alpha value is -2.71. The second-order valence-electron chi connectivity index (χ2n) is 10.2. The minimum absolute atomic E-state index is 0.139. The predicted octanol–water partition coefficient (Wildman–Crippen LogP) is 2.88.